The number of hydrogen-bond acceptors (Lipinski definition) is 7. The standard InChI is InChI=1S/C24H23N3O7S/c28-23(10-7-19-2-1-13-32-19)25-12-11-24(29)26-17-3-5-18(6-4-17)27-35(30,31)20-8-9-21-22(16-20)34-15-14-33-21/h1-10,13,16,27H,11-12,14-15H2,(H,25,28)(H,26,29)/b10-7+. The molecule has 3 aromatic rings. The predicted octanol–water partition coefficient (Wildman–Crippen LogP) is 3.01. The van der Waals surface area contributed by atoms with Crippen LogP contribution in [0.3, 0.4) is 0 Å². The molecule has 10 nitrogen and oxygen atoms in total. The van der Waals surface area contributed by atoms with E-state index >= 15 is 0 Å². The minimum Gasteiger partial charge on any atom is -0.486 e. The van der Waals surface area contributed by atoms with Crippen LogP contribution in [0.15, 0.2) is 76.2 Å². The first kappa shape index (κ1) is 23.9. The van der Waals surface area contributed by atoms with Crippen molar-refractivity contribution in [2.24, 2.45) is 0 Å². The second-order valence-electron chi connectivity index (χ2n) is 7.43. The van der Waals surface area contributed by atoms with Crippen molar-refractivity contribution in [2.45, 2.75) is 11.3 Å². The van der Waals surface area contributed by atoms with E-state index in [0.29, 0.717) is 41.8 Å². The van der Waals surface area contributed by atoms with Gasteiger partial charge in [-0.3, -0.25) is 14.3 Å². The van der Waals surface area contributed by atoms with Crippen molar-refractivity contribution in [3.63, 3.8) is 0 Å². The Morgan fingerprint density at radius 1 is 0.943 bits per heavy atom. The summed E-state index contributed by atoms with van der Waals surface area (Å²) in [6.07, 6.45) is 4.42. The molecule has 0 saturated heterocycles. The molecule has 11 heteroatoms. The minimum atomic E-state index is -3.85. The molecule has 1 aromatic heterocycles. The summed E-state index contributed by atoms with van der Waals surface area (Å²) < 4.78 is 43.9. The van der Waals surface area contributed by atoms with Crippen molar-refractivity contribution in [1.29, 1.82) is 0 Å². The molecule has 0 atom stereocenters. The molecule has 4 rings (SSSR count). The van der Waals surface area contributed by atoms with Crippen molar-refractivity contribution in [3.8, 4) is 11.5 Å². The molecule has 35 heavy (non-hydrogen) atoms. The number of amides is 2. The van der Waals surface area contributed by atoms with Gasteiger partial charge in [0, 0.05) is 36.5 Å². The van der Waals surface area contributed by atoms with Crippen LogP contribution in [0, 0.1) is 0 Å². The summed E-state index contributed by atoms with van der Waals surface area (Å²) >= 11 is 0. The number of rotatable bonds is 9. The molecule has 3 N–H and O–H groups in total. The SMILES string of the molecule is O=C(/C=C/c1ccco1)NCCC(=O)Nc1ccc(NS(=O)(=O)c2ccc3c(c2)OCCO3)cc1. The molecule has 0 fully saturated rings. The predicted molar refractivity (Wildman–Crippen MR) is 129 cm³/mol. The van der Waals surface area contributed by atoms with Gasteiger partial charge in [-0.05, 0) is 54.6 Å². The molecule has 1 aliphatic rings. The van der Waals surface area contributed by atoms with Gasteiger partial charge >= 0.3 is 0 Å². The average molecular weight is 498 g/mol. The normalized spacial score (nSPS) is 12.8. The first-order valence-electron chi connectivity index (χ1n) is 10.7. The highest BCUT2D eigenvalue weighted by Gasteiger charge is 2.19. The number of ether oxygens (including phenoxy) is 2. The van der Waals surface area contributed by atoms with E-state index in [1.165, 1.54) is 42.7 Å². The van der Waals surface area contributed by atoms with Crippen LogP contribution in [-0.4, -0.2) is 40.0 Å². The van der Waals surface area contributed by atoms with Gasteiger partial charge in [-0.2, -0.15) is 0 Å². The highest BCUT2D eigenvalue weighted by molar-refractivity contribution is 7.92. The fourth-order valence-electron chi connectivity index (χ4n) is 3.15. The third kappa shape index (κ3) is 6.64. The van der Waals surface area contributed by atoms with Gasteiger partial charge in [-0.25, -0.2) is 8.42 Å². The van der Waals surface area contributed by atoms with E-state index in [9.17, 15) is 18.0 Å². The van der Waals surface area contributed by atoms with Gasteiger partial charge in [0.05, 0.1) is 11.2 Å². The zero-order valence-corrected chi connectivity index (χ0v) is 19.3. The third-order valence-corrected chi connectivity index (χ3v) is 6.22. The average Bonchev–Trinajstić information content (AvgIpc) is 3.37. The molecule has 0 spiro atoms. The largest absolute Gasteiger partial charge is 0.486 e. The molecule has 182 valence electrons. The zero-order valence-electron chi connectivity index (χ0n) is 18.5. The summed E-state index contributed by atoms with van der Waals surface area (Å²) in [6, 6.07) is 14.1. The Bertz CT molecular complexity index is 1320. The fourth-order valence-corrected chi connectivity index (χ4v) is 4.23. The fraction of sp³-hybridized carbons (Fsp3) is 0.167. The minimum absolute atomic E-state index is 0.0418. The van der Waals surface area contributed by atoms with Crippen LogP contribution < -0.4 is 24.8 Å². The summed E-state index contributed by atoms with van der Waals surface area (Å²) in [5, 5.41) is 5.30. The number of furan rings is 1. The van der Waals surface area contributed by atoms with Gasteiger partial charge in [0.1, 0.15) is 19.0 Å². The first-order chi connectivity index (χ1) is 16.9. The van der Waals surface area contributed by atoms with E-state index in [0.717, 1.165) is 0 Å². The number of fused-ring (bicyclic) bond motifs is 1. The van der Waals surface area contributed by atoms with Crippen LogP contribution in [0.4, 0.5) is 11.4 Å². The number of benzene rings is 2. The van der Waals surface area contributed by atoms with Crippen LogP contribution in [0.5, 0.6) is 11.5 Å². The highest BCUT2D eigenvalue weighted by atomic mass is 32.2. The van der Waals surface area contributed by atoms with Crippen LogP contribution in [-0.2, 0) is 19.6 Å². The zero-order chi connectivity index (χ0) is 24.7. The lowest BCUT2D eigenvalue weighted by molar-refractivity contribution is -0.117. The van der Waals surface area contributed by atoms with E-state index in [-0.39, 0.29) is 29.7 Å². The van der Waals surface area contributed by atoms with Crippen molar-refractivity contribution < 1.29 is 31.9 Å². The number of anilines is 2. The Balaban J connectivity index is 1.25. The monoisotopic (exact) mass is 497 g/mol. The molecule has 2 aromatic carbocycles. The maximum atomic E-state index is 12.7. The van der Waals surface area contributed by atoms with Gasteiger partial charge < -0.3 is 24.5 Å². The molecular weight excluding hydrogens is 474 g/mol. The number of hydrogen-bond donors (Lipinski definition) is 3. The van der Waals surface area contributed by atoms with Gasteiger partial charge in [-0.1, -0.05) is 0 Å². The molecule has 0 aliphatic carbocycles. The molecule has 0 saturated carbocycles. The van der Waals surface area contributed by atoms with Crippen molar-refractivity contribution in [3.05, 3.63) is 72.7 Å². The summed E-state index contributed by atoms with van der Waals surface area (Å²) in [4.78, 5) is 23.9. The molecule has 1 aliphatic heterocycles. The van der Waals surface area contributed by atoms with Crippen LogP contribution in [0.2, 0.25) is 0 Å². The van der Waals surface area contributed by atoms with E-state index in [4.69, 9.17) is 13.9 Å². The number of carbonyl (C=O) groups excluding carboxylic acids is 2. The maximum Gasteiger partial charge on any atom is 0.262 e. The lowest BCUT2D eigenvalue weighted by Gasteiger charge is -2.19. The van der Waals surface area contributed by atoms with E-state index in [1.807, 2.05) is 0 Å². The van der Waals surface area contributed by atoms with Gasteiger partial charge in [0.15, 0.2) is 11.5 Å². The van der Waals surface area contributed by atoms with Gasteiger partial charge in [0.25, 0.3) is 10.0 Å². The van der Waals surface area contributed by atoms with Crippen LogP contribution in [0.1, 0.15) is 12.2 Å². The third-order valence-electron chi connectivity index (χ3n) is 4.84. The lowest BCUT2D eigenvalue weighted by Crippen LogP contribution is -2.26. The van der Waals surface area contributed by atoms with E-state index < -0.39 is 10.0 Å². The van der Waals surface area contributed by atoms with E-state index in [2.05, 4.69) is 15.4 Å². The Kier molecular flexibility index (Phi) is 7.36. The number of carbonyl (C=O) groups is 2. The highest BCUT2D eigenvalue weighted by Crippen LogP contribution is 2.32. The molecular formula is C24H23N3O7S. The number of nitrogens with one attached hydrogen (secondary N) is 3. The number of sulfonamides is 1. The van der Waals surface area contributed by atoms with Crippen LogP contribution >= 0.6 is 0 Å². The molecule has 2 amide bonds. The summed E-state index contributed by atoms with van der Waals surface area (Å²) in [6.45, 7) is 0.922. The maximum absolute atomic E-state index is 12.7. The molecule has 0 unspecified atom stereocenters. The Morgan fingerprint density at radius 2 is 1.69 bits per heavy atom. The molecule has 2 heterocycles. The van der Waals surface area contributed by atoms with Crippen molar-refractivity contribution in [2.75, 3.05) is 29.8 Å². The Morgan fingerprint density at radius 3 is 2.43 bits per heavy atom. The Hall–Kier alpha value is -4.25. The smallest absolute Gasteiger partial charge is 0.262 e. The second kappa shape index (κ2) is 10.8. The summed E-state index contributed by atoms with van der Waals surface area (Å²) in [5.41, 5.74) is 0.815. The van der Waals surface area contributed by atoms with E-state index in [1.54, 1.807) is 30.3 Å². The summed E-state index contributed by atoms with van der Waals surface area (Å²) in [7, 11) is -3.85. The summed E-state index contributed by atoms with van der Waals surface area (Å²) in [5.74, 6) is 0.783. The van der Waals surface area contributed by atoms with Crippen molar-refractivity contribution >= 4 is 39.3 Å². The van der Waals surface area contributed by atoms with Gasteiger partial charge in [-0.15, -0.1) is 0 Å². The van der Waals surface area contributed by atoms with Gasteiger partial charge in [0.2, 0.25) is 11.8 Å². The molecule has 0 bridgehead atoms. The van der Waals surface area contributed by atoms with Crippen molar-refractivity contribution in [1.82, 2.24) is 5.32 Å². The topological polar surface area (TPSA) is 136 Å². The quantitative estimate of drug-likeness (QED) is 0.387. The van der Waals surface area contributed by atoms with Crippen LogP contribution in [0.25, 0.3) is 6.08 Å². The first-order valence-corrected chi connectivity index (χ1v) is 12.2. The Labute approximate surface area is 202 Å². The second-order valence-corrected chi connectivity index (χ2v) is 9.11. The lowest BCUT2D eigenvalue weighted by atomic mass is 10.2. The molecule has 0 radical (unpaired) electrons.